The van der Waals surface area contributed by atoms with Crippen LogP contribution in [-0.2, 0) is 4.79 Å². The number of anilines is 1. The molecule has 19 heavy (non-hydrogen) atoms. The molecule has 0 radical (unpaired) electrons. The quantitative estimate of drug-likeness (QED) is 0.673. The van der Waals surface area contributed by atoms with Crippen LogP contribution in [0.15, 0.2) is 28.8 Å². The van der Waals surface area contributed by atoms with E-state index >= 15 is 0 Å². The maximum atomic E-state index is 11.9. The smallest absolute Gasteiger partial charge is 0.228 e. The molecule has 0 fully saturated rings. The molecule has 102 valence electrons. The largest absolute Gasteiger partial charge is 0.399 e. The summed E-state index contributed by atoms with van der Waals surface area (Å²) in [5.41, 5.74) is 8.16. The van der Waals surface area contributed by atoms with Gasteiger partial charge in [0.25, 0.3) is 0 Å². The highest BCUT2D eigenvalue weighted by molar-refractivity contribution is 7.97. The van der Waals surface area contributed by atoms with Crippen molar-refractivity contribution < 1.29 is 4.79 Å². The Morgan fingerprint density at radius 3 is 2.79 bits per heavy atom. The maximum Gasteiger partial charge on any atom is 0.228 e. The van der Waals surface area contributed by atoms with Gasteiger partial charge >= 0.3 is 0 Å². The first-order valence-corrected chi connectivity index (χ1v) is 6.95. The van der Waals surface area contributed by atoms with Crippen molar-refractivity contribution >= 4 is 40.2 Å². The molecule has 1 heterocycles. The maximum absolute atomic E-state index is 11.9. The second kappa shape index (κ2) is 5.35. The van der Waals surface area contributed by atoms with Gasteiger partial charge in [-0.15, -0.1) is 0 Å². The van der Waals surface area contributed by atoms with E-state index in [2.05, 4.69) is 0 Å². The van der Waals surface area contributed by atoms with Crippen LogP contribution in [0.5, 0.6) is 0 Å². The predicted molar refractivity (Wildman–Crippen MR) is 80.6 cm³/mol. The van der Waals surface area contributed by atoms with E-state index in [9.17, 15) is 4.79 Å². The molecule has 0 unspecified atom stereocenters. The lowest BCUT2D eigenvalue weighted by Gasteiger charge is -2.29. The first-order chi connectivity index (χ1) is 8.90. The first-order valence-electron chi connectivity index (χ1n) is 5.80. The molecule has 1 aliphatic heterocycles. The van der Waals surface area contributed by atoms with Crippen LogP contribution in [0.3, 0.4) is 0 Å². The Labute approximate surface area is 122 Å². The number of benzene rings is 1. The van der Waals surface area contributed by atoms with Crippen LogP contribution >= 0.6 is 23.5 Å². The fraction of sp³-hybridized carbons (Fsp3) is 0.308. The first kappa shape index (κ1) is 14.1. The van der Waals surface area contributed by atoms with Gasteiger partial charge in [0.1, 0.15) is 0 Å². The Balaban J connectivity index is 2.41. The number of carbonyl (C=O) groups excluding carboxylic acids is 1. The van der Waals surface area contributed by atoms with Crippen molar-refractivity contribution in [2.45, 2.75) is 11.3 Å². The molecule has 0 aromatic heterocycles. The van der Waals surface area contributed by atoms with Gasteiger partial charge in [-0.05, 0) is 30.1 Å². The van der Waals surface area contributed by atoms with Gasteiger partial charge in [-0.25, -0.2) is 0 Å². The van der Waals surface area contributed by atoms with Crippen molar-refractivity contribution in [2.75, 3.05) is 26.9 Å². The summed E-state index contributed by atoms with van der Waals surface area (Å²) in [4.78, 5) is 14.5. The molecule has 0 atom stereocenters. The summed E-state index contributed by atoms with van der Waals surface area (Å²) in [7, 11) is 5.38. The highest BCUT2D eigenvalue weighted by atomic mass is 35.5. The topological polar surface area (TPSA) is 49.6 Å². The molecule has 2 N–H and O–H groups in total. The molecule has 1 aliphatic rings. The second-order valence-corrected chi connectivity index (χ2v) is 6.12. The molecule has 4 nitrogen and oxygen atoms in total. The lowest BCUT2D eigenvalue weighted by molar-refractivity contribution is -0.128. The van der Waals surface area contributed by atoms with Gasteiger partial charge < -0.3 is 14.9 Å². The zero-order chi connectivity index (χ0) is 14.2. The third-order valence-electron chi connectivity index (χ3n) is 2.93. The Hall–Kier alpha value is -1.33. The number of hydrogen-bond donors (Lipinski definition) is 1. The molecule has 0 saturated carbocycles. The van der Waals surface area contributed by atoms with Crippen LogP contribution in [0.4, 0.5) is 5.69 Å². The average molecular weight is 298 g/mol. The second-order valence-electron chi connectivity index (χ2n) is 4.57. The highest BCUT2D eigenvalue weighted by Gasteiger charge is 2.24. The predicted octanol–water partition coefficient (Wildman–Crippen LogP) is 2.61. The third-order valence-corrected chi connectivity index (χ3v) is 4.40. The highest BCUT2D eigenvalue weighted by Crippen LogP contribution is 2.43. The lowest BCUT2D eigenvalue weighted by atomic mass is 10.1. The Morgan fingerprint density at radius 1 is 1.47 bits per heavy atom. The number of nitrogens with two attached hydrogens (primary N) is 1. The van der Waals surface area contributed by atoms with Crippen molar-refractivity contribution in [3.05, 3.63) is 29.5 Å². The number of carbonyl (C=O) groups is 1. The summed E-state index contributed by atoms with van der Waals surface area (Å²) >= 11 is 7.98. The SMILES string of the molecule is CN(C)C(=O)CC1=C(Cl)c2cc(N)ccc2SN1C. The minimum Gasteiger partial charge on any atom is -0.399 e. The van der Waals surface area contributed by atoms with Crippen molar-refractivity contribution in [3.63, 3.8) is 0 Å². The van der Waals surface area contributed by atoms with Crippen LogP contribution in [0.25, 0.3) is 5.03 Å². The fourth-order valence-corrected chi connectivity index (χ4v) is 3.19. The number of halogens is 1. The van der Waals surface area contributed by atoms with Crippen molar-refractivity contribution in [1.82, 2.24) is 9.21 Å². The van der Waals surface area contributed by atoms with E-state index < -0.39 is 0 Å². The Morgan fingerprint density at radius 2 is 2.16 bits per heavy atom. The molecule has 1 aromatic carbocycles. The van der Waals surface area contributed by atoms with Crippen molar-refractivity contribution in [3.8, 4) is 0 Å². The number of fused-ring (bicyclic) bond motifs is 1. The van der Waals surface area contributed by atoms with E-state index in [1.54, 1.807) is 30.9 Å². The van der Waals surface area contributed by atoms with E-state index in [-0.39, 0.29) is 12.3 Å². The van der Waals surface area contributed by atoms with Gasteiger partial charge in [0.05, 0.1) is 17.2 Å². The minimum absolute atomic E-state index is 0.0213. The molecule has 1 aromatic rings. The molecule has 0 bridgehead atoms. The van der Waals surface area contributed by atoms with E-state index in [0.717, 1.165) is 16.2 Å². The summed E-state index contributed by atoms with van der Waals surface area (Å²) in [5.74, 6) is 0.0213. The number of amides is 1. The fourth-order valence-electron chi connectivity index (χ4n) is 1.79. The van der Waals surface area contributed by atoms with Crippen LogP contribution in [0.1, 0.15) is 12.0 Å². The van der Waals surface area contributed by atoms with Gasteiger partial charge in [0, 0.05) is 37.3 Å². The number of rotatable bonds is 2. The van der Waals surface area contributed by atoms with Crippen LogP contribution < -0.4 is 5.73 Å². The molecule has 0 aliphatic carbocycles. The lowest BCUT2D eigenvalue weighted by Crippen LogP contribution is -2.26. The molecule has 1 amide bonds. The minimum atomic E-state index is 0.0213. The van der Waals surface area contributed by atoms with Crippen molar-refractivity contribution in [2.24, 2.45) is 0 Å². The van der Waals surface area contributed by atoms with Crippen LogP contribution in [0.2, 0.25) is 0 Å². The molecule has 2 rings (SSSR count). The number of nitrogens with zero attached hydrogens (tertiary/aromatic N) is 2. The van der Waals surface area contributed by atoms with Gasteiger partial charge in [-0.1, -0.05) is 11.6 Å². The third kappa shape index (κ3) is 2.82. The zero-order valence-electron chi connectivity index (χ0n) is 11.1. The summed E-state index contributed by atoms with van der Waals surface area (Å²) in [6, 6.07) is 5.64. The van der Waals surface area contributed by atoms with Gasteiger partial charge in [-0.2, -0.15) is 0 Å². The molecule has 0 saturated heterocycles. The van der Waals surface area contributed by atoms with Gasteiger partial charge in [0.2, 0.25) is 5.91 Å². The number of hydrogen-bond acceptors (Lipinski definition) is 4. The van der Waals surface area contributed by atoms with Crippen LogP contribution in [-0.4, -0.2) is 36.3 Å². The standard InChI is InChI=1S/C13H16ClN3OS/c1-16(2)12(18)7-10-13(14)9-6-8(15)4-5-11(9)19-17(10)3/h4-6H,7,15H2,1-3H3. The normalized spacial score (nSPS) is 14.4. The number of nitrogen functional groups attached to an aromatic ring is 1. The van der Waals surface area contributed by atoms with E-state index in [0.29, 0.717) is 10.7 Å². The molecular formula is C13H16ClN3OS. The summed E-state index contributed by atoms with van der Waals surface area (Å²) < 4.78 is 1.93. The van der Waals surface area contributed by atoms with Gasteiger partial charge in [-0.3, -0.25) is 4.79 Å². The molecular weight excluding hydrogens is 282 g/mol. The summed E-state index contributed by atoms with van der Waals surface area (Å²) in [6.07, 6.45) is 0.281. The van der Waals surface area contributed by atoms with E-state index in [4.69, 9.17) is 17.3 Å². The van der Waals surface area contributed by atoms with E-state index in [1.165, 1.54) is 0 Å². The Kier molecular flexibility index (Phi) is 3.96. The molecule has 6 heteroatoms. The zero-order valence-corrected chi connectivity index (χ0v) is 12.7. The summed E-state index contributed by atoms with van der Waals surface area (Å²) in [5, 5.41) is 0.596. The van der Waals surface area contributed by atoms with Crippen LogP contribution in [0, 0.1) is 0 Å². The molecule has 0 spiro atoms. The Bertz CT molecular complexity index is 557. The van der Waals surface area contributed by atoms with Crippen molar-refractivity contribution in [1.29, 1.82) is 0 Å². The summed E-state index contributed by atoms with van der Waals surface area (Å²) in [6.45, 7) is 0. The van der Waals surface area contributed by atoms with Gasteiger partial charge in [0.15, 0.2) is 0 Å². The average Bonchev–Trinajstić information content (AvgIpc) is 2.35. The monoisotopic (exact) mass is 297 g/mol. The van der Waals surface area contributed by atoms with E-state index in [1.807, 2.05) is 29.6 Å².